The highest BCUT2D eigenvalue weighted by Gasteiger charge is 2.31. The molecule has 0 bridgehead atoms. The Morgan fingerprint density at radius 3 is 2.48 bits per heavy atom. The molecule has 0 spiro atoms. The minimum absolute atomic E-state index is 0.151. The molecule has 172 valence electrons. The maximum atomic E-state index is 14.5. The van der Waals surface area contributed by atoms with Crippen LogP contribution in [-0.2, 0) is 14.8 Å². The zero-order valence-corrected chi connectivity index (χ0v) is 18.6. The van der Waals surface area contributed by atoms with E-state index < -0.39 is 26.6 Å². The highest BCUT2D eigenvalue weighted by molar-refractivity contribution is 7.89. The monoisotopic (exact) mass is 470 g/mol. The van der Waals surface area contributed by atoms with Crippen molar-refractivity contribution in [1.82, 2.24) is 14.1 Å². The van der Waals surface area contributed by atoms with E-state index >= 15 is 0 Å². The number of aromatic nitrogens is 2. The van der Waals surface area contributed by atoms with Crippen LogP contribution in [-0.4, -0.2) is 54.7 Å². The molecule has 33 heavy (non-hydrogen) atoms. The van der Waals surface area contributed by atoms with Gasteiger partial charge in [-0.25, -0.2) is 17.5 Å². The summed E-state index contributed by atoms with van der Waals surface area (Å²) in [7, 11) is -4.06. The smallest absolute Gasteiger partial charge is 0.274 e. The van der Waals surface area contributed by atoms with Crippen LogP contribution in [0.25, 0.3) is 5.69 Å². The number of carbonyl (C=O) groups excluding carboxylic acids is 1. The van der Waals surface area contributed by atoms with Crippen LogP contribution < -0.4 is 5.32 Å². The number of ether oxygens (including phenoxy) is 1. The fraction of sp³-hybridized carbons (Fsp3) is 0.304. The number of benzene rings is 2. The van der Waals surface area contributed by atoms with Crippen LogP contribution in [0.2, 0.25) is 0 Å². The summed E-state index contributed by atoms with van der Waals surface area (Å²) in [4.78, 5) is 12.7. The minimum atomic E-state index is -4.06. The molecule has 1 N–H and O–H groups in total. The molecule has 1 aliphatic carbocycles. The zero-order chi connectivity index (χ0) is 23.0. The summed E-state index contributed by atoms with van der Waals surface area (Å²) >= 11 is 0. The molecule has 5 rings (SSSR count). The van der Waals surface area contributed by atoms with Gasteiger partial charge in [-0.3, -0.25) is 4.79 Å². The third-order valence-corrected chi connectivity index (χ3v) is 7.65. The summed E-state index contributed by atoms with van der Waals surface area (Å²) in [6, 6.07) is 14.6. The van der Waals surface area contributed by atoms with Crippen molar-refractivity contribution in [2.45, 2.75) is 23.7 Å². The molecule has 2 heterocycles. The zero-order valence-electron chi connectivity index (χ0n) is 17.8. The average molecular weight is 471 g/mol. The van der Waals surface area contributed by atoms with Crippen molar-refractivity contribution < 1.29 is 22.3 Å². The second-order valence-electron chi connectivity index (χ2n) is 8.09. The Hall–Kier alpha value is -3.08. The number of hydrogen-bond donors (Lipinski definition) is 1. The number of rotatable bonds is 6. The number of para-hydroxylation sites is 1. The molecule has 0 atom stereocenters. The number of nitrogens with one attached hydrogen (secondary N) is 1. The summed E-state index contributed by atoms with van der Waals surface area (Å²) < 4.78 is 48.3. The van der Waals surface area contributed by atoms with Crippen LogP contribution in [0.4, 0.5) is 10.1 Å². The van der Waals surface area contributed by atoms with Crippen molar-refractivity contribution in [1.29, 1.82) is 0 Å². The molecular formula is C23H23FN4O4S. The van der Waals surface area contributed by atoms with Gasteiger partial charge in [-0.2, -0.15) is 9.40 Å². The summed E-state index contributed by atoms with van der Waals surface area (Å²) in [5, 5.41) is 7.33. The summed E-state index contributed by atoms with van der Waals surface area (Å²) in [5.41, 5.74) is 2.09. The van der Waals surface area contributed by atoms with Gasteiger partial charge in [0.25, 0.3) is 5.91 Å². The van der Waals surface area contributed by atoms with Gasteiger partial charge in [-0.1, -0.05) is 18.2 Å². The van der Waals surface area contributed by atoms with Gasteiger partial charge in [0.2, 0.25) is 10.0 Å². The second kappa shape index (κ2) is 8.69. The quantitative estimate of drug-likeness (QED) is 0.597. The Balaban J connectivity index is 1.45. The van der Waals surface area contributed by atoms with Crippen molar-refractivity contribution in [3.8, 4) is 5.69 Å². The molecule has 0 unspecified atom stereocenters. The minimum Gasteiger partial charge on any atom is -0.379 e. The lowest BCUT2D eigenvalue weighted by atomic mass is 10.2. The van der Waals surface area contributed by atoms with Crippen LogP contribution in [0.5, 0.6) is 0 Å². The van der Waals surface area contributed by atoms with Crippen LogP contribution in [0.15, 0.2) is 59.5 Å². The predicted molar refractivity (Wildman–Crippen MR) is 119 cm³/mol. The molecule has 1 amide bonds. The highest BCUT2D eigenvalue weighted by atomic mass is 32.2. The molecule has 2 aliphatic rings. The highest BCUT2D eigenvalue weighted by Crippen LogP contribution is 2.39. The lowest BCUT2D eigenvalue weighted by Crippen LogP contribution is -2.40. The number of nitrogens with zero attached hydrogens (tertiary/aromatic N) is 3. The maximum absolute atomic E-state index is 14.5. The number of amides is 1. The maximum Gasteiger partial charge on any atom is 0.274 e. The van der Waals surface area contributed by atoms with Gasteiger partial charge >= 0.3 is 0 Å². The molecule has 1 saturated heterocycles. The van der Waals surface area contributed by atoms with E-state index in [4.69, 9.17) is 4.74 Å². The van der Waals surface area contributed by atoms with Crippen LogP contribution in [0, 0.1) is 5.82 Å². The van der Waals surface area contributed by atoms with Gasteiger partial charge in [-0.05, 0) is 49.2 Å². The van der Waals surface area contributed by atoms with Crippen molar-refractivity contribution in [2.75, 3.05) is 31.6 Å². The number of carbonyl (C=O) groups is 1. The Kier molecular flexibility index (Phi) is 5.73. The molecule has 1 aromatic heterocycles. The molecule has 1 saturated carbocycles. The fourth-order valence-electron chi connectivity index (χ4n) is 3.81. The first-order valence-electron chi connectivity index (χ1n) is 10.8. The third kappa shape index (κ3) is 4.41. The van der Waals surface area contributed by atoms with E-state index in [1.54, 1.807) is 10.7 Å². The van der Waals surface area contributed by atoms with Crippen molar-refractivity contribution in [2.24, 2.45) is 0 Å². The average Bonchev–Trinajstić information content (AvgIpc) is 3.59. The molecule has 2 aromatic carbocycles. The van der Waals surface area contributed by atoms with E-state index in [-0.39, 0.29) is 32.0 Å². The molecular weight excluding hydrogens is 447 g/mol. The number of anilines is 1. The Bertz CT molecular complexity index is 1280. The number of sulfonamides is 1. The van der Waals surface area contributed by atoms with Crippen LogP contribution >= 0.6 is 0 Å². The first kappa shape index (κ1) is 21.7. The van der Waals surface area contributed by atoms with E-state index in [2.05, 4.69) is 10.4 Å². The Morgan fingerprint density at radius 1 is 1.06 bits per heavy atom. The summed E-state index contributed by atoms with van der Waals surface area (Å²) in [6.45, 7) is 0.811. The van der Waals surface area contributed by atoms with E-state index in [0.29, 0.717) is 11.6 Å². The standard InChI is InChI=1S/C23H23FN4O4S/c24-19-9-8-17(14-22(19)33(30,31)27-10-12-32-13-11-27)25-23(29)21-15-20(16-6-7-16)26-28(21)18-4-2-1-3-5-18/h1-5,8-9,14-16H,6-7,10-13H2,(H,25,29). The van der Waals surface area contributed by atoms with Crippen molar-refractivity contribution >= 4 is 21.6 Å². The SMILES string of the molecule is O=C(Nc1ccc(F)c(S(=O)(=O)N2CCOCC2)c1)c1cc(C2CC2)nn1-c1ccccc1. The van der Waals surface area contributed by atoms with Gasteiger partial charge in [0.1, 0.15) is 16.4 Å². The largest absolute Gasteiger partial charge is 0.379 e. The lowest BCUT2D eigenvalue weighted by molar-refractivity contribution is 0.0729. The molecule has 1 aliphatic heterocycles. The molecule has 3 aromatic rings. The van der Waals surface area contributed by atoms with E-state index in [1.807, 2.05) is 30.3 Å². The Labute approximate surface area is 191 Å². The molecule has 0 radical (unpaired) electrons. The second-order valence-corrected chi connectivity index (χ2v) is 10.00. The van der Waals surface area contributed by atoms with Crippen LogP contribution in [0.3, 0.4) is 0 Å². The summed E-state index contributed by atoms with van der Waals surface area (Å²) in [6.07, 6.45) is 2.07. The van der Waals surface area contributed by atoms with Crippen molar-refractivity contribution in [3.63, 3.8) is 0 Å². The predicted octanol–water partition coefficient (Wildman–Crippen LogP) is 3.16. The van der Waals surface area contributed by atoms with Gasteiger partial charge in [-0.15, -0.1) is 0 Å². The number of halogens is 1. The van der Waals surface area contributed by atoms with E-state index in [9.17, 15) is 17.6 Å². The van der Waals surface area contributed by atoms with Crippen molar-refractivity contribution in [3.05, 3.63) is 71.8 Å². The van der Waals surface area contributed by atoms with Gasteiger partial charge in [0, 0.05) is 24.7 Å². The molecule has 10 heteroatoms. The third-order valence-electron chi connectivity index (χ3n) is 5.73. The normalized spacial score (nSPS) is 17.1. The first-order valence-corrected chi connectivity index (χ1v) is 12.2. The first-order chi connectivity index (χ1) is 15.9. The van der Waals surface area contributed by atoms with Gasteiger partial charge in [0.15, 0.2) is 0 Å². The Morgan fingerprint density at radius 2 is 1.79 bits per heavy atom. The van der Waals surface area contributed by atoms with E-state index in [0.717, 1.165) is 36.4 Å². The molecule has 8 nitrogen and oxygen atoms in total. The summed E-state index contributed by atoms with van der Waals surface area (Å²) in [5.74, 6) is -0.984. The van der Waals surface area contributed by atoms with Gasteiger partial charge < -0.3 is 10.1 Å². The topological polar surface area (TPSA) is 93.5 Å². The van der Waals surface area contributed by atoms with E-state index in [1.165, 1.54) is 10.4 Å². The number of hydrogen-bond acceptors (Lipinski definition) is 5. The lowest BCUT2D eigenvalue weighted by Gasteiger charge is -2.26. The molecule has 2 fully saturated rings. The van der Waals surface area contributed by atoms with Gasteiger partial charge in [0.05, 0.1) is 24.6 Å². The number of morpholine rings is 1. The fourth-order valence-corrected chi connectivity index (χ4v) is 5.30. The van der Waals surface area contributed by atoms with Crippen LogP contribution in [0.1, 0.15) is 34.9 Å².